The molecule has 96 valence electrons. The van der Waals surface area contributed by atoms with Crippen molar-refractivity contribution in [3.05, 3.63) is 24.3 Å². The first-order valence-corrected chi connectivity index (χ1v) is 7.50. The Hall–Kier alpha value is -1.07. The minimum absolute atomic E-state index is 0.0547. The Morgan fingerprint density at radius 1 is 1.29 bits per heavy atom. The van der Waals surface area contributed by atoms with Gasteiger partial charge in [-0.05, 0) is 37.7 Å². The lowest BCUT2D eigenvalue weighted by Gasteiger charge is -2.15. The lowest BCUT2D eigenvalue weighted by atomic mass is 10.3. The fourth-order valence-electron chi connectivity index (χ4n) is 1.39. The van der Waals surface area contributed by atoms with Gasteiger partial charge < -0.3 is 10.1 Å². The number of hydrogen-bond donors (Lipinski definition) is 1. The van der Waals surface area contributed by atoms with E-state index in [-0.39, 0.29) is 6.10 Å². The lowest BCUT2D eigenvalue weighted by molar-refractivity contribution is 0.218. The average molecular weight is 257 g/mol. The number of hydrogen-bond acceptors (Lipinski definition) is 4. The van der Waals surface area contributed by atoms with E-state index in [9.17, 15) is 8.42 Å². The summed E-state index contributed by atoms with van der Waals surface area (Å²) in [6.07, 6.45) is 1.25. The van der Waals surface area contributed by atoms with Gasteiger partial charge in [-0.2, -0.15) is 0 Å². The van der Waals surface area contributed by atoms with Crippen molar-refractivity contribution in [3.8, 4) is 5.75 Å². The molecule has 1 unspecified atom stereocenters. The monoisotopic (exact) mass is 257 g/mol. The van der Waals surface area contributed by atoms with Gasteiger partial charge >= 0.3 is 0 Å². The van der Waals surface area contributed by atoms with Crippen LogP contribution in [0.2, 0.25) is 0 Å². The highest BCUT2D eigenvalue weighted by Crippen LogP contribution is 2.16. The van der Waals surface area contributed by atoms with Crippen molar-refractivity contribution in [2.24, 2.45) is 0 Å². The van der Waals surface area contributed by atoms with Crippen LogP contribution in [0.4, 0.5) is 0 Å². The number of nitrogens with one attached hydrogen (secondary N) is 1. The molecule has 0 saturated carbocycles. The first-order valence-electron chi connectivity index (χ1n) is 5.61. The van der Waals surface area contributed by atoms with E-state index in [1.165, 1.54) is 6.26 Å². The van der Waals surface area contributed by atoms with E-state index in [1.807, 2.05) is 13.8 Å². The summed E-state index contributed by atoms with van der Waals surface area (Å²) < 4.78 is 28.1. The normalized spacial score (nSPS) is 13.4. The summed E-state index contributed by atoms with van der Waals surface area (Å²) in [5.74, 6) is 0.683. The van der Waals surface area contributed by atoms with Crippen LogP contribution in [-0.4, -0.2) is 33.9 Å². The fraction of sp³-hybridized carbons (Fsp3) is 0.500. The van der Waals surface area contributed by atoms with Crippen LogP contribution >= 0.6 is 0 Å². The van der Waals surface area contributed by atoms with Gasteiger partial charge in [0.1, 0.15) is 11.9 Å². The van der Waals surface area contributed by atoms with E-state index >= 15 is 0 Å². The Labute approximate surface area is 103 Å². The van der Waals surface area contributed by atoms with E-state index in [0.29, 0.717) is 10.6 Å². The zero-order valence-electron chi connectivity index (χ0n) is 10.4. The molecule has 4 nitrogen and oxygen atoms in total. The zero-order chi connectivity index (χ0) is 12.9. The molecule has 1 N–H and O–H groups in total. The Morgan fingerprint density at radius 3 is 2.35 bits per heavy atom. The minimum atomic E-state index is -3.13. The molecule has 0 spiro atoms. The number of ether oxygens (including phenoxy) is 1. The van der Waals surface area contributed by atoms with Crippen molar-refractivity contribution in [1.29, 1.82) is 0 Å². The molecule has 0 aliphatic rings. The third kappa shape index (κ3) is 4.75. The molecule has 0 aliphatic heterocycles. The smallest absolute Gasteiger partial charge is 0.175 e. The maximum atomic E-state index is 11.3. The highest BCUT2D eigenvalue weighted by molar-refractivity contribution is 7.90. The Kier molecular flexibility index (Phi) is 4.96. The molecule has 1 aromatic carbocycles. The molecule has 1 aromatic rings. The van der Waals surface area contributed by atoms with Crippen LogP contribution in [-0.2, 0) is 9.84 Å². The second-order valence-electron chi connectivity index (χ2n) is 3.98. The van der Waals surface area contributed by atoms with Crippen LogP contribution in [0.3, 0.4) is 0 Å². The zero-order valence-corrected chi connectivity index (χ0v) is 11.3. The van der Waals surface area contributed by atoms with Crippen LogP contribution in [0, 0.1) is 0 Å². The Bertz CT molecular complexity index is 439. The van der Waals surface area contributed by atoms with Crippen LogP contribution in [0.15, 0.2) is 29.2 Å². The second kappa shape index (κ2) is 6.02. The van der Waals surface area contributed by atoms with Crippen molar-refractivity contribution in [3.63, 3.8) is 0 Å². The molecule has 1 rings (SSSR count). The summed E-state index contributed by atoms with van der Waals surface area (Å²) >= 11 is 0. The highest BCUT2D eigenvalue weighted by Gasteiger charge is 2.07. The molecule has 0 aromatic heterocycles. The summed E-state index contributed by atoms with van der Waals surface area (Å²) in [6, 6.07) is 6.48. The number of sulfone groups is 1. The van der Waals surface area contributed by atoms with Crippen molar-refractivity contribution in [1.82, 2.24) is 5.32 Å². The molecule has 0 amide bonds. The fourth-order valence-corrected chi connectivity index (χ4v) is 2.02. The SMILES string of the molecule is CCNCC(C)Oc1ccc(S(C)(=O)=O)cc1. The average Bonchev–Trinajstić information content (AvgIpc) is 2.26. The van der Waals surface area contributed by atoms with Crippen molar-refractivity contribution < 1.29 is 13.2 Å². The molecule has 0 bridgehead atoms. The van der Waals surface area contributed by atoms with Crippen molar-refractivity contribution in [2.45, 2.75) is 24.8 Å². The van der Waals surface area contributed by atoms with E-state index in [2.05, 4.69) is 5.32 Å². The highest BCUT2D eigenvalue weighted by atomic mass is 32.2. The Balaban J connectivity index is 2.63. The molecule has 17 heavy (non-hydrogen) atoms. The van der Waals surface area contributed by atoms with Crippen molar-refractivity contribution >= 4 is 9.84 Å². The van der Waals surface area contributed by atoms with Crippen LogP contribution < -0.4 is 10.1 Å². The molecule has 0 saturated heterocycles. The largest absolute Gasteiger partial charge is 0.489 e. The molecular formula is C12H19NO3S. The summed E-state index contributed by atoms with van der Waals surface area (Å²) in [4.78, 5) is 0.309. The van der Waals surface area contributed by atoms with Gasteiger partial charge in [0, 0.05) is 12.8 Å². The van der Waals surface area contributed by atoms with Crippen molar-refractivity contribution in [2.75, 3.05) is 19.3 Å². The van der Waals surface area contributed by atoms with Crippen LogP contribution in [0.25, 0.3) is 0 Å². The molecule has 0 fully saturated rings. The second-order valence-corrected chi connectivity index (χ2v) is 6.00. The molecular weight excluding hydrogens is 238 g/mol. The predicted molar refractivity (Wildman–Crippen MR) is 68.2 cm³/mol. The van der Waals surface area contributed by atoms with E-state index in [0.717, 1.165) is 13.1 Å². The van der Waals surface area contributed by atoms with Gasteiger partial charge in [0.25, 0.3) is 0 Å². The summed E-state index contributed by atoms with van der Waals surface area (Å²) in [6.45, 7) is 5.67. The standard InChI is InChI=1S/C12H19NO3S/c1-4-13-9-10(2)16-11-5-7-12(8-6-11)17(3,14)15/h5-8,10,13H,4,9H2,1-3H3. The van der Waals surface area contributed by atoms with E-state index in [4.69, 9.17) is 4.74 Å². The van der Waals surface area contributed by atoms with E-state index in [1.54, 1.807) is 24.3 Å². The van der Waals surface area contributed by atoms with Gasteiger partial charge in [0.15, 0.2) is 9.84 Å². The summed E-state index contributed by atoms with van der Waals surface area (Å²) in [7, 11) is -3.13. The van der Waals surface area contributed by atoms with Gasteiger partial charge in [-0.25, -0.2) is 8.42 Å². The number of benzene rings is 1. The van der Waals surface area contributed by atoms with Crippen LogP contribution in [0.1, 0.15) is 13.8 Å². The van der Waals surface area contributed by atoms with Gasteiger partial charge in [-0.3, -0.25) is 0 Å². The first-order chi connectivity index (χ1) is 7.93. The summed E-state index contributed by atoms with van der Waals surface area (Å²) in [5, 5.41) is 3.18. The third-order valence-corrected chi connectivity index (χ3v) is 3.40. The quantitative estimate of drug-likeness (QED) is 0.838. The predicted octanol–water partition coefficient (Wildman–Crippen LogP) is 1.47. The van der Waals surface area contributed by atoms with Gasteiger partial charge in [-0.15, -0.1) is 0 Å². The third-order valence-electron chi connectivity index (χ3n) is 2.27. The molecule has 0 radical (unpaired) electrons. The number of likely N-dealkylation sites (N-methyl/N-ethyl adjacent to an activating group) is 1. The first kappa shape index (κ1) is 14.0. The Morgan fingerprint density at radius 2 is 1.88 bits per heavy atom. The number of rotatable bonds is 6. The van der Waals surface area contributed by atoms with Crippen LogP contribution in [0.5, 0.6) is 5.75 Å². The topological polar surface area (TPSA) is 55.4 Å². The maximum Gasteiger partial charge on any atom is 0.175 e. The lowest BCUT2D eigenvalue weighted by Crippen LogP contribution is -2.28. The van der Waals surface area contributed by atoms with E-state index < -0.39 is 9.84 Å². The molecule has 1 atom stereocenters. The van der Waals surface area contributed by atoms with Gasteiger partial charge in [0.05, 0.1) is 4.90 Å². The maximum absolute atomic E-state index is 11.3. The molecule has 5 heteroatoms. The summed E-state index contributed by atoms with van der Waals surface area (Å²) in [5.41, 5.74) is 0. The molecule has 0 heterocycles. The van der Waals surface area contributed by atoms with Gasteiger partial charge in [0.2, 0.25) is 0 Å². The molecule has 0 aliphatic carbocycles. The minimum Gasteiger partial charge on any atom is -0.489 e. The van der Waals surface area contributed by atoms with Gasteiger partial charge in [-0.1, -0.05) is 6.92 Å².